The first kappa shape index (κ1) is 16.4. The van der Waals surface area contributed by atoms with Crippen molar-refractivity contribution in [3.05, 3.63) is 0 Å². The minimum absolute atomic E-state index is 0.371. The molecule has 3 heteroatoms. The maximum absolute atomic E-state index is 10.9. The lowest BCUT2D eigenvalue weighted by atomic mass is 9.88. The first-order valence-electron chi connectivity index (χ1n) is 6.51. The summed E-state index contributed by atoms with van der Waals surface area (Å²) in [6, 6.07) is 0.457. The van der Waals surface area contributed by atoms with Crippen molar-refractivity contribution in [3.8, 4) is 0 Å². The van der Waals surface area contributed by atoms with Crippen LogP contribution >= 0.6 is 0 Å². The van der Waals surface area contributed by atoms with E-state index in [0.717, 1.165) is 13.0 Å². The Morgan fingerprint density at radius 2 is 1.71 bits per heavy atom. The van der Waals surface area contributed by atoms with E-state index in [0.29, 0.717) is 17.9 Å². The van der Waals surface area contributed by atoms with Crippen LogP contribution in [0.1, 0.15) is 60.8 Å². The maximum atomic E-state index is 10.9. The lowest BCUT2D eigenvalue weighted by Gasteiger charge is -2.23. The van der Waals surface area contributed by atoms with Gasteiger partial charge in [-0.3, -0.25) is 4.79 Å². The van der Waals surface area contributed by atoms with Gasteiger partial charge in [-0.1, -0.05) is 20.8 Å². The summed E-state index contributed by atoms with van der Waals surface area (Å²) in [7, 11) is 0. The summed E-state index contributed by atoms with van der Waals surface area (Å²) in [5.41, 5.74) is -0.257. The van der Waals surface area contributed by atoms with Gasteiger partial charge in [0.25, 0.3) is 0 Å². The Kier molecular flexibility index (Phi) is 6.17. The number of hydrogen-bond donors (Lipinski definition) is 2. The van der Waals surface area contributed by atoms with Crippen LogP contribution in [-0.2, 0) is 4.79 Å². The van der Waals surface area contributed by atoms with E-state index in [1.807, 2.05) is 0 Å². The molecule has 0 bridgehead atoms. The molecule has 102 valence electrons. The number of hydrogen-bond acceptors (Lipinski definition) is 2. The number of rotatable bonds is 7. The fourth-order valence-electron chi connectivity index (χ4n) is 1.49. The molecule has 0 aromatic heterocycles. The Labute approximate surface area is 106 Å². The first-order chi connectivity index (χ1) is 7.54. The fourth-order valence-corrected chi connectivity index (χ4v) is 1.49. The second-order valence-electron chi connectivity index (χ2n) is 6.89. The molecule has 17 heavy (non-hydrogen) atoms. The monoisotopic (exact) mass is 243 g/mol. The highest BCUT2D eigenvalue weighted by molar-refractivity contribution is 5.73. The minimum atomic E-state index is -0.721. The van der Waals surface area contributed by atoms with E-state index in [9.17, 15) is 4.79 Å². The normalized spacial score (nSPS) is 14.7. The number of nitrogens with one attached hydrogen (secondary N) is 1. The fraction of sp³-hybridized carbons (Fsp3) is 0.929. The standard InChI is InChI=1S/C14H29NO2/c1-11(7-8-13(2,3)4)15-10-9-14(5,6)12(16)17/h11,15H,7-10H2,1-6H3,(H,16,17). The van der Waals surface area contributed by atoms with Gasteiger partial charge in [-0.25, -0.2) is 0 Å². The van der Waals surface area contributed by atoms with Crippen LogP contribution in [0, 0.1) is 10.8 Å². The van der Waals surface area contributed by atoms with Crippen LogP contribution in [0.3, 0.4) is 0 Å². The van der Waals surface area contributed by atoms with Crippen molar-refractivity contribution < 1.29 is 9.90 Å². The topological polar surface area (TPSA) is 49.3 Å². The van der Waals surface area contributed by atoms with Crippen LogP contribution in [0.5, 0.6) is 0 Å². The van der Waals surface area contributed by atoms with E-state index in [4.69, 9.17) is 5.11 Å². The molecule has 2 N–H and O–H groups in total. The molecule has 0 fully saturated rings. The van der Waals surface area contributed by atoms with Gasteiger partial charge in [0.05, 0.1) is 5.41 Å². The van der Waals surface area contributed by atoms with E-state index in [2.05, 4.69) is 33.0 Å². The molecule has 0 aliphatic carbocycles. The largest absolute Gasteiger partial charge is 0.481 e. The predicted molar refractivity (Wildman–Crippen MR) is 72.2 cm³/mol. The SMILES string of the molecule is CC(CCC(C)(C)C)NCCC(C)(C)C(=O)O. The van der Waals surface area contributed by atoms with E-state index >= 15 is 0 Å². The molecule has 0 radical (unpaired) electrons. The zero-order valence-corrected chi connectivity index (χ0v) is 12.3. The number of carbonyl (C=O) groups is 1. The predicted octanol–water partition coefficient (Wildman–Crippen LogP) is 3.29. The third kappa shape index (κ3) is 8.19. The number of carboxylic acids is 1. The van der Waals surface area contributed by atoms with Gasteiger partial charge in [0.15, 0.2) is 0 Å². The van der Waals surface area contributed by atoms with Crippen molar-refractivity contribution in [3.63, 3.8) is 0 Å². The zero-order chi connectivity index (χ0) is 13.7. The Balaban J connectivity index is 3.79. The average Bonchev–Trinajstić information content (AvgIpc) is 2.13. The van der Waals surface area contributed by atoms with Gasteiger partial charge in [0.1, 0.15) is 0 Å². The second-order valence-corrected chi connectivity index (χ2v) is 6.89. The Morgan fingerprint density at radius 1 is 1.18 bits per heavy atom. The lowest BCUT2D eigenvalue weighted by molar-refractivity contribution is -0.147. The van der Waals surface area contributed by atoms with Crippen molar-refractivity contribution in [2.45, 2.75) is 66.8 Å². The van der Waals surface area contributed by atoms with Gasteiger partial charge in [-0.15, -0.1) is 0 Å². The minimum Gasteiger partial charge on any atom is -0.481 e. The summed E-state index contributed by atoms with van der Waals surface area (Å²) in [4.78, 5) is 10.9. The molecule has 0 amide bonds. The van der Waals surface area contributed by atoms with Crippen LogP contribution in [0.15, 0.2) is 0 Å². The third-order valence-corrected chi connectivity index (χ3v) is 3.15. The number of aliphatic carboxylic acids is 1. The molecular formula is C14H29NO2. The molecule has 0 spiro atoms. The van der Waals surface area contributed by atoms with Crippen LogP contribution < -0.4 is 5.32 Å². The molecule has 0 heterocycles. The van der Waals surface area contributed by atoms with Gasteiger partial charge in [-0.2, -0.15) is 0 Å². The summed E-state index contributed by atoms with van der Waals surface area (Å²) in [5, 5.41) is 12.4. The van der Waals surface area contributed by atoms with Gasteiger partial charge in [0, 0.05) is 6.04 Å². The van der Waals surface area contributed by atoms with Crippen molar-refractivity contribution in [1.29, 1.82) is 0 Å². The molecule has 0 rings (SSSR count). The van der Waals surface area contributed by atoms with Gasteiger partial charge < -0.3 is 10.4 Å². The molecule has 0 aromatic carbocycles. The van der Waals surface area contributed by atoms with Crippen molar-refractivity contribution in [1.82, 2.24) is 5.32 Å². The summed E-state index contributed by atoms with van der Waals surface area (Å²) >= 11 is 0. The molecular weight excluding hydrogens is 214 g/mol. The van der Waals surface area contributed by atoms with E-state index in [1.54, 1.807) is 13.8 Å². The molecule has 0 aliphatic rings. The zero-order valence-electron chi connectivity index (χ0n) is 12.3. The van der Waals surface area contributed by atoms with Gasteiger partial charge in [-0.05, 0) is 52.0 Å². The van der Waals surface area contributed by atoms with Crippen LogP contribution in [0.4, 0.5) is 0 Å². The van der Waals surface area contributed by atoms with Crippen LogP contribution in [0.2, 0.25) is 0 Å². The Bertz CT molecular complexity index is 241. The third-order valence-electron chi connectivity index (χ3n) is 3.15. The van der Waals surface area contributed by atoms with E-state index in [1.165, 1.54) is 6.42 Å². The summed E-state index contributed by atoms with van der Waals surface area (Å²) in [6.45, 7) is 13.2. The van der Waals surface area contributed by atoms with Crippen LogP contribution in [0.25, 0.3) is 0 Å². The molecule has 3 nitrogen and oxygen atoms in total. The quantitative estimate of drug-likeness (QED) is 0.721. The molecule has 0 aromatic rings. The van der Waals surface area contributed by atoms with Gasteiger partial charge >= 0.3 is 5.97 Å². The highest BCUT2D eigenvalue weighted by atomic mass is 16.4. The molecule has 0 aliphatic heterocycles. The first-order valence-corrected chi connectivity index (χ1v) is 6.51. The van der Waals surface area contributed by atoms with Crippen molar-refractivity contribution >= 4 is 5.97 Å². The van der Waals surface area contributed by atoms with E-state index in [-0.39, 0.29) is 0 Å². The Hall–Kier alpha value is -0.570. The average molecular weight is 243 g/mol. The van der Waals surface area contributed by atoms with E-state index < -0.39 is 11.4 Å². The molecule has 0 saturated carbocycles. The second kappa shape index (κ2) is 6.39. The van der Waals surface area contributed by atoms with Crippen molar-refractivity contribution in [2.24, 2.45) is 10.8 Å². The van der Waals surface area contributed by atoms with Gasteiger partial charge in [0.2, 0.25) is 0 Å². The molecule has 0 saturated heterocycles. The lowest BCUT2D eigenvalue weighted by Crippen LogP contribution is -2.33. The van der Waals surface area contributed by atoms with Crippen LogP contribution in [-0.4, -0.2) is 23.7 Å². The summed E-state index contributed by atoms with van der Waals surface area (Å²) < 4.78 is 0. The summed E-state index contributed by atoms with van der Waals surface area (Å²) in [6.07, 6.45) is 2.99. The molecule has 1 unspecified atom stereocenters. The Morgan fingerprint density at radius 3 is 2.12 bits per heavy atom. The van der Waals surface area contributed by atoms with Crippen molar-refractivity contribution in [2.75, 3.05) is 6.54 Å². The summed E-state index contributed by atoms with van der Waals surface area (Å²) in [5.74, 6) is -0.721. The molecule has 1 atom stereocenters. The number of carboxylic acid groups (broad SMARTS) is 1. The smallest absolute Gasteiger partial charge is 0.309 e. The maximum Gasteiger partial charge on any atom is 0.309 e. The highest BCUT2D eigenvalue weighted by Gasteiger charge is 2.26. The highest BCUT2D eigenvalue weighted by Crippen LogP contribution is 2.22.